The van der Waals surface area contributed by atoms with Crippen molar-refractivity contribution in [2.24, 2.45) is 0 Å². The number of fused-ring (bicyclic) bond motifs is 1. The second-order valence-electron chi connectivity index (χ2n) is 6.52. The highest BCUT2D eigenvalue weighted by Crippen LogP contribution is 2.26. The van der Waals surface area contributed by atoms with Crippen molar-refractivity contribution < 1.29 is 24.3 Å². The van der Waals surface area contributed by atoms with Gasteiger partial charge in [0.25, 0.3) is 0 Å². The van der Waals surface area contributed by atoms with Crippen LogP contribution < -0.4 is 10.9 Å². The van der Waals surface area contributed by atoms with Gasteiger partial charge in [-0.2, -0.15) is 0 Å². The van der Waals surface area contributed by atoms with Crippen LogP contribution in [-0.4, -0.2) is 37.6 Å². The van der Waals surface area contributed by atoms with Gasteiger partial charge in [-0.25, -0.2) is 4.79 Å². The summed E-state index contributed by atoms with van der Waals surface area (Å²) in [6, 6.07) is 4.97. The molecule has 1 saturated heterocycles. The molecule has 0 amide bonds. The fraction of sp³-hybridized carbons (Fsp3) is 0.526. The first-order chi connectivity index (χ1) is 12.1. The Morgan fingerprint density at radius 3 is 3.08 bits per heavy atom. The second kappa shape index (κ2) is 8.47. The third kappa shape index (κ3) is 4.60. The first-order valence-electron chi connectivity index (χ1n) is 8.91. The van der Waals surface area contributed by atoms with Crippen LogP contribution in [0.5, 0.6) is 5.75 Å². The maximum Gasteiger partial charge on any atom is 0.336 e. The van der Waals surface area contributed by atoms with Crippen LogP contribution in [0.4, 0.5) is 0 Å². The van der Waals surface area contributed by atoms with E-state index in [1.807, 2.05) is 0 Å². The number of hydrogen-bond acceptors (Lipinski definition) is 5. The minimum Gasteiger partial charge on any atom is -0.508 e. The first kappa shape index (κ1) is 17.9. The minimum absolute atomic E-state index is 0.139. The molecular weight excluding hydrogens is 322 g/mol. The second-order valence-corrected chi connectivity index (χ2v) is 6.52. The van der Waals surface area contributed by atoms with E-state index in [9.17, 15) is 9.90 Å². The molecule has 3 rings (SSSR count). The van der Waals surface area contributed by atoms with E-state index in [0.717, 1.165) is 50.0 Å². The van der Waals surface area contributed by atoms with Crippen LogP contribution in [0.25, 0.3) is 11.0 Å². The molecule has 1 fully saturated rings. The van der Waals surface area contributed by atoms with Gasteiger partial charge in [0, 0.05) is 35.6 Å². The average Bonchev–Trinajstić information content (AvgIpc) is 3.11. The summed E-state index contributed by atoms with van der Waals surface area (Å²) in [6.45, 7) is 5.63. The number of rotatable bonds is 8. The highest BCUT2D eigenvalue weighted by atomic mass is 16.5. The lowest BCUT2D eigenvalue weighted by molar-refractivity contribution is -0.670. The van der Waals surface area contributed by atoms with Crippen molar-refractivity contribution in [1.82, 2.24) is 0 Å². The molecule has 1 aliphatic rings. The molecule has 1 aromatic heterocycles. The Morgan fingerprint density at radius 1 is 1.40 bits per heavy atom. The van der Waals surface area contributed by atoms with Crippen molar-refractivity contribution in [1.29, 1.82) is 0 Å². The molecule has 0 spiro atoms. The molecule has 1 atom stereocenters. The van der Waals surface area contributed by atoms with Gasteiger partial charge in [0.1, 0.15) is 17.9 Å². The van der Waals surface area contributed by atoms with Gasteiger partial charge in [-0.05, 0) is 31.9 Å². The maximum absolute atomic E-state index is 11.8. The smallest absolute Gasteiger partial charge is 0.336 e. The molecule has 3 N–H and O–H groups in total. The predicted molar refractivity (Wildman–Crippen MR) is 93.8 cm³/mol. The first-order valence-corrected chi connectivity index (χ1v) is 8.91. The Bertz CT molecular complexity index is 764. The molecule has 25 heavy (non-hydrogen) atoms. The quantitative estimate of drug-likeness (QED) is 0.557. The summed E-state index contributed by atoms with van der Waals surface area (Å²) in [7, 11) is 0. The summed E-state index contributed by atoms with van der Waals surface area (Å²) in [4.78, 5) is 11.8. The van der Waals surface area contributed by atoms with E-state index in [-0.39, 0.29) is 17.5 Å². The van der Waals surface area contributed by atoms with Crippen LogP contribution in [0.2, 0.25) is 0 Å². The number of quaternary nitrogens is 1. The Labute approximate surface area is 146 Å². The molecule has 2 heterocycles. The molecule has 0 saturated carbocycles. The van der Waals surface area contributed by atoms with E-state index in [1.165, 1.54) is 6.07 Å². The number of phenols is 1. The Hall–Kier alpha value is -1.89. The summed E-state index contributed by atoms with van der Waals surface area (Å²) < 4.78 is 16.4. The van der Waals surface area contributed by atoms with Gasteiger partial charge in [-0.3, -0.25) is 0 Å². The number of ether oxygens (including phenoxy) is 2. The molecule has 6 heteroatoms. The molecular formula is C19H26NO5+. The van der Waals surface area contributed by atoms with E-state index < -0.39 is 0 Å². The van der Waals surface area contributed by atoms with Crippen LogP contribution in [-0.2, 0) is 16.0 Å². The number of aromatic hydroxyl groups is 1. The molecule has 6 nitrogen and oxygen atoms in total. The fourth-order valence-corrected chi connectivity index (χ4v) is 3.16. The van der Waals surface area contributed by atoms with Gasteiger partial charge >= 0.3 is 5.63 Å². The normalized spacial score (nSPS) is 17.4. The maximum atomic E-state index is 11.8. The topological polar surface area (TPSA) is 85.5 Å². The van der Waals surface area contributed by atoms with Crippen LogP contribution in [0.15, 0.2) is 27.4 Å². The lowest BCUT2D eigenvalue weighted by Crippen LogP contribution is -2.82. The van der Waals surface area contributed by atoms with Gasteiger partial charge in [0.05, 0.1) is 25.9 Å². The number of nitrogens with two attached hydrogens (primary N) is 1. The summed E-state index contributed by atoms with van der Waals surface area (Å²) in [5.41, 5.74) is 1.61. The number of benzene rings is 1. The summed E-state index contributed by atoms with van der Waals surface area (Å²) in [5, 5.41) is 12.8. The van der Waals surface area contributed by atoms with Gasteiger partial charge in [0.15, 0.2) is 0 Å². The summed E-state index contributed by atoms with van der Waals surface area (Å²) in [6.07, 6.45) is 3.47. The van der Waals surface area contributed by atoms with Crippen molar-refractivity contribution >= 4 is 11.0 Å². The molecule has 1 aromatic carbocycles. The molecule has 1 aliphatic heterocycles. The van der Waals surface area contributed by atoms with Crippen molar-refractivity contribution in [3.8, 4) is 5.75 Å². The average molecular weight is 348 g/mol. The highest BCUT2D eigenvalue weighted by Gasteiger charge is 2.15. The van der Waals surface area contributed by atoms with Gasteiger partial charge < -0.3 is 24.3 Å². The van der Waals surface area contributed by atoms with E-state index in [4.69, 9.17) is 13.9 Å². The Balaban J connectivity index is 1.48. The molecule has 0 aliphatic carbocycles. The number of hydrogen-bond donors (Lipinski definition) is 2. The van der Waals surface area contributed by atoms with Crippen LogP contribution in [0.1, 0.15) is 30.4 Å². The zero-order valence-corrected chi connectivity index (χ0v) is 14.6. The van der Waals surface area contributed by atoms with Crippen molar-refractivity contribution in [2.45, 2.75) is 38.8 Å². The fourth-order valence-electron chi connectivity index (χ4n) is 3.16. The van der Waals surface area contributed by atoms with Gasteiger partial charge in [-0.1, -0.05) is 0 Å². The Morgan fingerprint density at radius 2 is 2.28 bits per heavy atom. The van der Waals surface area contributed by atoms with Crippen molar-refractivity contribution in [2.75, 3.05) is 26.4 Å². The Kier molecular flexibility index (Phi) is 6.07. The third-order valence-electron chi connectivity index (χ3n) is 4.61. The zero-order chi connectivity index (χ0) is 17.6. The third-order valence-corrected chi connectivity index (χ3v) is 4.61. The lowest BCUT2D eigenvalue weighted by atomic mass is 10.1. The standard InChI is InChI=1S/C19H25NO5/c1-13-17(21)6-5-16-14(10-18(22)25-19(13)16)11-20-7-3-8-23-12-15-4-2-9-24-15/h5-6,10,15,20-21H,2-4,7-9,11-12H2,1H3/p+1/t15-/m0/s1. The van der Waals surface area contributed by atoms with Crippen LogP contribution >= 0.6 is 0 Å². The molecule has 0 radical (unpaired) electrons. The molecule has 0 unspecified atom stereocenters. The number of phenolic OH excluding ortho intramolecular Hbond substituents is 1. The summed E-state index contributed by atoms with van der Waals surface area (Å²) in [5.74, 6) is 0.139. The SMILES string of the molecule is Cc1c(O)ccc2c(C[NH2+]CCCOC[C@@H]3CCCO3)cc(=O)oc12. The molecule has 2 aromatic rings. The summed E-state index contributed by atoms with van der Waals surface area (Å²) >= 11 is 0. The lowest BCUT2D eigenvalue weighted by Gasteiger charge is -2.10. The minimum atomic E-state index is -0.385. The van der Waals surface area contributed by atoms with E-state index in [2.05, 4.69) is 5.32 Å². The number of aryl methyl sites for hydroxylation is 1. The monoisotopic (exact) mass is 348 g/mol. The largest absolute Gasteiger partial charge is 0.508 e. The van der Waals surface area contributed by atoms with E-state index in [1.54, 1.807) is 19.1 Å². The molecule has 0 bridgehead atoms. The van der Waals surface area contributed by atoms with Crippen LogP contribution in [0.3, 0.4) is 0 Å². The van der Waals surface area contributed by atoms with E-state index >= 15 is 0 Å². The van der Waals surface area contributed by atoms with Crippen molar-refractivity contribution in [3.05, 3.63) is 39.7 Å². The van der Waals surface area contributed by atoms with Crippen molar-refractivity contribution in [3.63, 3.8) is 0 Å². The van der Waals surface area contributed by atoms with E-state index in [0.29, 0.717) is 24.3 Å². The van der Waals surface area contributed by atoms with Gasteiger partial charge in [-0.15, -0.1) is 0 Å². The molecule has 136 valence electrons. The zero-order valence-electron chi connectivity index (χ0n) is 14.6. The predicted octanol–water partition coefficient (Wildman–Crippen LogP) is 1.46. The van der Waals surface area contributed by atoms with Crippen LogP contribution in [0, 0.1) is 6.92 Å². The highest BCUT2D eigenvalue weighted by molar-refractivity contribution is 5.84. The van der Waals surface area contributed by atoms with Gasteiger partial charge in [0.2, 0.25) is 0 Å².